The smallest absolute Gasteiger partial charge is 0.251 e. The Morgan fingerprint density at radius 1 is 0.682 bits per heavy atom. The third-order valence-corrected chi connectivity index (χ3v) is 6.92. The molecule has 1 saturated carbocycles. The van der Waals surface area contributed by atoms with Crippen LogP contribution in [-0.2, 0) is 9.59 Å². The van der Waals surface area contributed by atoms with E-state index in [1.807, 2.05) is 0 Å². The summed E-state index contributed by atoms with van der Waals surface area (Å²) in [5.74, 6) is -1.35. The summed E-state index contributed by atoms with van der Waals surface area (Å²) in [5.41, 5.74) is 0.804. The number of rotatable bonds is 8. The fraction of sp³-hybridized carbons (Fsp3) is 0.258. The Morgan fingerprint density at radius 3 is 1.48 bits per heavy atom. The molecule has 13 nitrogen and oxygen atoms in total. The first-order chi connectivity index (χ1) is 20.9. The van der Waals surface area contributed by atoms with Crippen molar-refractivity contribution in [2.75, 3.05) is 0 Å². The van der Waals surface area contributed by atoms with Crippen LogP contribution in [0, 0.1) is 10.8 Å². The molecule has 0 aromatic heterocycles. The summed E-state index contributed by atoms with van der Waals surface area (Å²) in [7, 11) is 0. The highest BCUT2D eigenvalue weighted by Gasteiger charge is 2.22. The Bertz CT molecular complexity index is 1450. The Labute approximate surface area is 253 Å². The van der Waals surface area contributed by atoms with Crippen LogP contribution in [0.1, 0.15) is 61.0 Å². The number of benzene rings is 3. The minimum atomic E-state index is -0.707. The van der Waals surface area contributed by atoms with E-state index in [1.165, 1.54) is 48.5 Å². The molecule has 1 fully saturated rings. The number of nitrogens with one attached hydrogen (secondary N) is 3. The third-order valence-electron chi connectivity index (χ3n) is 6.92. The van der Waals surface area contributed by atoms with Crippen LogP contribution in [-0.4, -0.2) is 67.2 Å². The van der Waals surface area contributed by atoms with Crippen molar-refractivity contribution < 1.29 is 39.4 Å². The van der Waals surface area contributed by atoms with Gasteiger partial charge in [0.25, 0.3) is 5.91 Å². The highest BCUT2D eigenvalue weighted by molar-refractivity contribution is 6.05. The zero-order chi connectivity index (χ0) is 32.0. The molecule has 1 aliphatic carbocycles. The minimum Gasteiger partial charge on any atom is -0.457 e. The molecule has 0 atom stereocenters. The number of nitrogens with zero attached hydrogens (tertiary/aromatic N) is 2. The van der Waals surface area contributed by atoms with E-state index in [2.05, 4.69) is 5.32 Å². The zero-order valence-electron chi connectivity index (χ0n) is 24.1. The SMILES string of the molecule is CC(=O)N(O)C(=N)c1ccc(Oc2cc(Oc3ccc(C(=N)N(O)C(C)=O)cc3)cc(C(=O)NC3CCC(O)CC3)c2)cc1. The molecule has 0 spiro atoms. The van der Waals surface area contributed by atoms with Crippen molar-refractivity contribution in [3.8, 4) is 23.0 Å². The molecule has 230 valence electrons. The maximum absolute atomic E-state index is 13.2. The summed E-state index contributed by atoms with van der Waals surface area (Å²) in [6.45, 7) is 2.26. The monoisotopic (exact) mass is 603 g/mol. The quantitative estimate of drug-likeness (QED) is 0.0941. The lowest BCUT2D eigenvalue weighted by Gasteiger charge is -2.26. The predicted molar refractivity (Wildman–Crippen MR) is 157 cm³/mol. The largest absolute Gasteiger partial charge is 0.457 e. The molecular formula is C31H33N5O8. The Hall–Kier alpha value is -5.11. The fourth-order valence-corrected chi connectivity index (χ4v) is 4.50. The van der Waals surface area contributed by atoms with Gasteiger partial charge in [0.05, 0.1) is 6.10 Å². The standard InChI is InChI=1S/C31H33N5O8/c1-18(37)35(41)29(32)20-3-11-25(12-4-20)43-27-15-22(31(40)34-23-7-9-24(39)10-8-23)16-28(17-27)44-26-13-5-21(6-14-26)30(33)36(42)19(2)38/h3-6,11-17,23-24,32-33,39,41-42H,7-10H2,1-2H3,(H,34,40). The maximum Gasteiger partial charge on any atom is 0.251 e. The van der Waals surface area contributed by atoms with Crippen molar-refractivity contribution in [2.45, 2.75) is 51.7 Å². The van der Waals surface area contributed by atoms with Gasteiger partial charge < -0.3 is 19.9 Å². The number of aliphatic hydroxyl groups excluding tert-OH is 1. The lowest BCUT2D eigenvalue weighted by atomic mass is 9.93. The van der Waals surface area contributed by atoms with E-state index >= 15 is 0 Å². The summed E-state index contributed by atoms with van der Waals surface area (Å²) < 4.78 is 12.0. The number of aliphatic hydroxyl groups is 1. The summed E-state index contributed by atoms with van der Waals surface area (Å²) in [5, 5.41) is 48.6. The van der Waals surface area contributed by atoms with Crippen molar-refractivity contribution >= 4 is 29.4 Å². The van der Waals surface area contributed by atoms with Gasteiger partial charge in [0.15, 0.2) is 11.7 Å². The van der Waals surface area contributed by atoms with Gasteiger partial charge in [0.2, 0.25) is 11.8 Å². The number of carbonyl (C=O) groups excluding carboxylic acids is 3. The van der Waals surface area contributed by atoms with Crippen LogP contribution in [0.5, 0.6) is 23.0 Å². The van der Waals surface area contributed by atoms with Crippen LogP contribution < -0.4 is 14.8 Å². The summed E-state index contributed by atoms with van der Waals surface area (Å²) >= 11 is 0. The summed E-state index contributed by atoms with van der Waals surface area (Å²) in [4.78, 5) is 36.0. The van der Waals surface area contributed by atoms with Crippen molar-refractivity contribution in [1.29, 1.82) is 10.8 Å². The van der Waals surface area contributed by atoms with Crippen LogP contribution in [0.3, 0.4) is 0 Å². The molecule has 4 rings (SSSR count). The Kier molecular flexibility index (Phi) is 10.1. The van der Waals surface area contributed by atoms with Gasteiger partial charge in [-0.2, -0.15) is 10.1 Å². The van der Waals surface area contributed by atoms with Gasteiger partial charge in [-0.1, -0.05) is 0 Å². The zero-order valence-corrected chi connectivity index (χ0v) is 24.1. The number of amides is 3. The van der Waals surface area contributed by atoms with Crippen molar-refractivity contribution in [2.24, 2.45) is 0 Å². The minimum absolute atomic E-state index is 0.0900. The van der Waals surface area contributed by atoms with E-state index in [-0.39, 0.29) is 56.4 Å². The van der Waals surface area contributed by atoms with Crippen molar-refractivity contribution in [3.63, 3.8) is 0 Å². The van der Waals surface area contributed by atoms with E-state index in [0.29, 0.717) is 37.2 Å². The van der Waals surface area contributed by atoms with Crippen LogP contribution in [0.4, 0.5) is 0 Å². The molecule has 44 heavy (non-hydrogen) atoms. The number of hydroxylamine groups is 4. The van der Waals surface area contributed by atoms with E-state index in [9.17, 15) is 29.9 Å². The molecule has 0 radical (unpaired) electrons. The first-order valence-corrected chi connectivity index (χ1v) is 13.8. The molecule has 3 amide bonds. The molecule has 0 saturated heterocycles. The molecule has 1 aliphatic rings. The maximum atomic E-state index is 13.2. The van der Waals surface area contributed by atoms with E-state index in [1.54, 1.807) is 18.2 Å². The second kappa shape index (κ2) is 13.9. The highest BCUT2D eigenvalue weighted by Crippen LogP contribution is 2.31. The fourth-order valence-electron chi connectivity index (χ4n) is 4.50. The first-order valence-electron chi connectivity index (χ1n) is 13.8. The Morgan fingerprint density at radius 2 is 1.09 bits per heavy atom. The van der Waals surface area contributed by atoms with Crippen LogP contribution in [0.15, 0.2) is 66.7 Å². The summed E-state index contributed by atoms with van der Waals surface area (Å²) in [6, 6.07) is 16.7. The van der Waals surface area contributed by atoms with Gasteiger partial charge in [-0.15, -0.1) is 0 Å². The van der Waals surface area contributed by atoms with E-state index in [4.69, 9.17) is 20.3 Å². The molecule has 0 unspecified atom stereocenters. The number of carbonyl (C=O) groups is 3. The van der Waals surface area contributed by atoms with Gasteiger partial charge in [-0.3, -0.25) is 35.6 Å². The molecule has 0 bridgehead atoms. The average molecular weight is 604 g/mol. The van der Waals surface area contributed by atoms with Gasteiger partial charge in [0, 0.05) is 42.6 Å². The molecule has 3 aromatic rings. The van der Waals surface area contributed by atoms with Gasteiger partial charge >= 0.3 is 0 Å². The number of hydrogen-bond acceptors (Lipinski definition) is 10. The summed E-state index contributed by atoms with van der Waals surface area (Å²) in [6.07, 6.45) is 2.14. The molecule has 0 aliphatic heterocycles. The van der Waals surface area contributed by atoms with Gasteiger partial charge in [-0.05, 0) is 86.3 Å². The molecule has 13 heteroatoms. The number of ether oxygens (including phenoxy) is 2. The number of hydrogen-bond donors (Lipinski definition) is 6. The lowest BCUT2D eigenvalue weighted by Crippen LogP contribution is -2.38. The molecule has 0 heterocycles. The van der Waals surface area contributed by atoms with Gasteiger partial charge in [0.1, 0.15) is 23.0 Å². The van der Waals surface area contributed by atoms with E-state index in [0.717, 1.165) is 13.8 Å². The first kappa shape index (κ1) is 31.8. The second-order valence-corrected chi connectivity index (χ2v) is 10.3. The second-order valence-electron chi connectivity index (χ2n) is 10.3. The van der Waals surface area contributed by atoms with Gasteiger partial charge in [-0.25, -0.2) is 0 Å². The molecule has 3 aromatic carbocycles. The number of amidine groups is 2. The highest BCUT2D eigenvalue weighted by atomic mass is 16.5. The van der Waals surface area contributed by atoms with Crippen molar-refractivity contribution in [1.82, 2.24) is 15.4 Å². The van der Waals surface area contributed by atoms with Crippen molar-refractivity contribution in [3.05, 3.63) is 83.4 Å². The Balaban J connectivity index is 1.57. The topological polar surface area (TPSA) is 197 Å². The molecule has 6 N–H and O–H groups in total. The van der Waals surface area contributed by atoms with Crippen LogP contribution in [0.2, 0.25) is 0 Å². The normalized spacial score (nSPS) is 15.9. The predicted octanol–water partition coefficient (Wildman–Crippen LogP) is 4.43. The van der Waals surface area contributed by atoms with Crippen LogP contribution >= 0.6 is 0 Å². The van der Waals surface area contributed by atoms with Crippen LogP contribution in [0.25, 0.3) is 0 Å². The average Bonchev–Trinajstić information content (AvgIpc) is 3.01. The van der Waals surface area contributed by atoms with E-state index < -0.39 is 23.5 Å². The lowest BCUT2D eigenvalue weighted by molar-refractivity contribution is -0.147. The molecular weight excluding hydrogens is 570 g/mol. The third kappa shape index (κ3) is 8.04.